The van der Waals surface area contributed by atoms with Crippen molar-refractivity contribution in [2.75, 3.05) is 0 Å². The number of nitrogens with zero attached hydrogens (tertiary/aromatic N) is 4. The van der Waals surface area contributed by atoms with Crippen molar-refractivity contribution >= 4 is 33.4 Å². The highest BCUT2D eigenvalue weighted by atomic mass is 32.1. The van der Waals surface area contributed by atoms with E-state index in [9.17, 15) is 20.2 Å². The standard InChI is InChI=1S/C10H6N4O4S/c15-13(16)8-3-1-2-7(4-8)5-11-10-12-6-9(19-10)14(17)18/h1-6H/b11-5-. The van der Waals surface area contributed by atoms with Gasteiger partial charge in [-0.2, -0.15) is 0 Å². The van der Waals surface area contributed by atoms with Crippen LogP contribution < -0.4 is 0 Å². The molecule has 0 unspecified atom stereocenters. The van der Waals surface area contributed by atoms with Gasteiger partial charge in [-0.3, -0.25) is 20.2 Å². The molecule has 0 amide bonds. The summed E-state index contributed by atoms with van der Waals surface area (Å²) in [7, 11) is 0. The Labute approximate surface area is 110 Å². The summed E-state index contributed by atoms with van der Waals surface area (Å²) in [5.41, 5.74) is 0.473. The summed E-state index contributed by atoms with van der Waals surface area (Å²) in [5, 5.41) is 21.2. The molecular formula is C10H6N4O4S. The van der Waals surface area contributed by atoms with Gasteiger partial charge in [0.25, 0.3) is 5.69 Å². The molecule has 9 heteroatoms. The zero-order valence-electron chi connectivity index (χ0n) is 9.29. The first-order valence-corrected chi connectivity index (χ1v) is 5.76. The number of hydrogen-bond acceptors (Lipinski definition) is 7. The zero-order valence-corrected chi connectivity index (χ0v) is 10.1. The van der Waals surface area contributed by atoms with Crippen LogP contribution in [0.2, 0.25) is 0 Å². The number of nitro benzene ring substituents is 1. The van der Waals surface area contributed by atoms with Gasteiger partial charge in [0.2, 0.25) is 5.13 Å². The predicted octanol–water partition coefficient (Wildman–Crippen LogP) is 2.71. The molecule has 0 aliphatic carbocycles. The van der Waals surface area contributed by atoms with Crippen LogP contribution >= 0.6 is 11.3 Å². The van der Waals surface area contributed by atoms with E-state index >= 15 is 0 Å². The first-order chi connectivity index (χ1) is 9.06. The van der Waals surface area contributed by atoms with Crippen LogP contribution in [-0.4, -0.2) is 21.0 Å². The fourth-order valence-electron chi connectivity index (χ4n) is 1.25. The smallest absolute Gasteiger partial charge is 0.258 e. The van der Waals surface area contributed by atoms with Gasteiger partial charge in [0.15, 0.2) is 0 Å². The molecule has 0 saturated heterocycles. The van der Waals surface area contributed by atoms with Crippen molar-refractivity contribution in [1.82, 2.24) is 4.98 Å². The molecule has 8 nitrogen and oxygen atoms in total. The molecular weight excluding hydrogens is 272 g/mol. The Morgan fingerprint density at radius 2 is 2.05 bits per heavy atom. The molecule has 0 aliphatic heterocycles. The van der Waals surface area contributed by atoms with Crippen LogP contribution in [0.3, 0.4) is 0 Å². The van der Waals surface area contributed by atoms with Crippen molar-refractivity contribution in [3.8, 4) is 0 Å². The third-order valence-electron chi connectivity index (χ3n) is 2.07. The van der Waals surface area contributed by atoms with E-state index in [1.807, 2.05) is 0 Å². The van der Waals surface area contributed by atoms with E-state index in [1.165, 1.54) is 24.4 Å². The van der Waals surface area contributed by atoms with Crippen LogP contribution in [0.15, 0.2) is 35.5 Å². The van der Waals surface area contributed by atoms with Crippen molar-refractivity contribution in [2.24, 2.45) is 4.99 Å². The normalized spacial score (nSPS) is 10.7. The van der Waals surface area contributed by atoms with Gasteiger partial charge in [-0.15, -0.1) is 0 Å². The number of nitro groups is 2. The summed E-state index contributed by atoms with van der Waals surface area (Å²) >= 11 is 0.829. The molecule has 0 spiro atoms. The Bertz CT molecular complexity index is 667. The molecule has 0 saturated carbocycles. The van der Waals surface area contributed by atoms with Crippen LogP contribution in [0.25, 0.3) is 0 Å². The van der Waals surface area contributed by atoms with Crippen LogP contribution in [0.1, 0.15) is 5.56 Å². The van der Waals surface area contributed by atoms with E-state index in [-0.39, 0.29) is 15.8 Å². The van der Waals surface area contributed by atoms with Crippen molar-refractivity contribution < 1.29 is 9.85 Å². The molecule has 0 aliphatic rings. The molecule has 1 aromatic carbocycles. The van der Waals surface area contributed by atoms with Crippen LogP contribution in [0, 0.1) is 20.2 Å². The Hall–Kier alpha value is -2.68. The molecule has 0 N–H and O–H groups in total. The maximum absolute atomic E-state index is 10.6. The summed E-state index contributed by atoms with van der Waals surface area (Å²) in [4.78, 5) is 27.7. The predicted molar refractivity (Wildman–Crippen MR) is 69.1 cm³/mol. The second-order valence-electron chi connectivity index (χ2n) is 3.35. The third kappa shape index (κ3) is 3.16. The van der Waals surface area contributed by atoms with Crippen molar-refractivity contribution in [3.05, 3.63) is 56.3 Å². The molecule has 2 aromatic rings. The average Bonchev–Trinajstić information content (AvgIpc) is 2.85. The number of non-ortho nitro benzene ring substituents is 1. The Balaban J connectivity index is 2.19. The second kappa shape index (κ2) is 5.31. The third-order valence-corrected chi connectivity index (χ3v) is 2.92. The monoisotopic (exact) mass is 278 g/mol. The molecule has 0 bridgehead atoms. The minimum absolute atomic E-state index is 0.0472. The molecule has 96 valence electrons. The number of benzene rings is 1. The quantitative estimate of drug-likeness (QED) is 0.485. The highest BCUT2D eigenvalue weighted by molar-refractivity contribution is 7.18. The van der Waals surface area contributed by atoms with E-state index in [1.54, 1.807) is 6.07 Å². The summed E-state index contributed by atoms with van der Waals surface area (Å²) in [6, 6.07) is 5.89. The van der Waals surface area contributed by atoms with Gasteiger partial charge in [-0.05, 0) is 16.9 Å². The van der Waals surface area contributed by atoms with Gasteiger partial charge in [-0.25, -0.2) is 9.98 Å². The van der Waals surface area contributed by atoms with Crippen LogP contribution in [0.5, 0.6) is 0 Å². The lowest BCUT2D eigenvalue weighted by molar-refractivity contribution is -0.384. The molecule has 1 heterocycles. The summed E-state index contributed by atoms with van der Waals surface area (Å²) < 4.78 is 0. The van der Waals surface area contributed by atoms with Gasteiger partial charge < -0.3 is 0 Å². The lowest BCUT2D eigenvalue weighted by atomic mass is 10.2. The lowest BCUT2D eigenvalue weighted by Gasteiger charge is -1.92. The van der Waals surface area contributed by atoms with Crippen molar-refractivity contribution in [1.29, 1.82) is 0 Å². The molecule has 0 radical (unpaired) electrons. The average molecular weight is 278 g/mol. The highest BCUT2D eigenvalue weighted by Gasteiger charge is 2.10. The van der Waals surface area contributed by atoms with E-state index in [4.69, 9.17) is 0 Å². The van der Waals surface area contributed by atoms with E-state index in [0.717, 1.165) is 17.5 Å². The van der Waals surface area contributed by atoms with Crippen molar-refractivity contribution in [3.63, 3.8) is 0 Å². The van der Waals surface area contributed by atoms with E-state index in [0.29, 0.717) is 5.56 Å². The SMILES string of the molecule is O=[N+]([O-])c1cccc(/C=N\c2ncc([N+](=O)[O-])s2)c1. The van der Waals surface area contributed by atoms with E-state index < -0.39 is 9.85 Å². The number of aliphatic imine (C=N–C) groups is 1. The first kappa shape index (κ1) is 12.8. The van der Waals surface area contributed by atoms with Crippen LogP contribution in [0.4, 0.5) is 15.8 Å². The van der Waals surface area contributed by atoms with Crippen LogP contribution in [-0.2, 0) is 0 Å². The fourth-order valence-corrected chi connectivity index (χ4v) is 1.83. The molecule has 0 fully saturated rings. The fraction of sp³-hybridized carbons (Fsp3) is 0. The maximum atomic E-state index is 10.6. The largest absolute Gasteiger partial charge is 0.345 e. The maximum Gasteiger partial charge on any atom is 0.345 e. The minimum Gasteiger partial charge on any atom is -0.258 e. The molecule has 2 rings (SSSR count). The van der Waals surface area contributed by atoms with Gasteiger partial charge in [0, 0.05) is 18.3 Å². The number of aromatic nitrogens is 1. The van der Waals surface area contributed by atoms with Crippen molar-refractivity contribution in [2.45, 2.75) is 0 Å². The Morgan fingerprint density at radius 1 is 1.26 bits per heavy atom. The Morgan fingerprint density at radius 3 is 2.68 bits per heavy atom. The molecule has 0 atom stereocenters. The van der Waals surface area contributed by atoms with Gasteiger partial charge in [0.1, 0.15) is 6.20 Å². The number of rotatable bonds is 4. The topological polar surface area (TPSA) is 112 Å². The lowest BCUT2D eigenvalue weighted by Crippen LogP contribution is -1.89. The van der Waals surface area contributed by atoms with Gasteiger partial charge >= 0.3 is 5.00 Å². The first-order valence-electron chi connectivity index (χ1n) is 4.95. The summed E-state index contributed by atoms with van der Waals surface area (Å²) in [6.45, 7) is 0. The number of hydrogen-bond donors (Lipinski definition) is 0. The van der Waals surface area contributed by atoms with Gasteiger partial charge in [-0.1, -0.05) is 12.1 Å². The van der Waals surface area contributed by atoms with Gasteiger partial charge in [0.05, 0.1) is 9.85 Å². The second-order valence-corrected chi connectivity index (χ2v) is 4.34. The number of thiazole rings is 1. The zero-order chi connectivity index (χ0) is 13.8. The minimum atomic E-state index is -0.552. The molecule has 1 aromatic heterocycles. The Kier molecular flexibility index (Phi) is 3.57. The highest BCUT2D eigenvalue weighted by Crippen LogP contribution is 2.27. The summed E-state index contributed by atoms with van der Waals surface area (Å²) in [6.07, 6.45) is 2.49. The van der Waals surface area contributed by atoms with E-state index in [2.05, 4.69) is 9.98 Å². The summed E-state index contributed by atoms with van der Waals surface area (Å²) in [5.74, 6) is 0. The molecule has 19 heavy (non-hydrogen) atoms.